The molecule has 1 saturated heterocycles. The van der Waals surface area contributed by atoms with Crippen molar-refractivity contribution in [2.24, 2.45) is 0 Å². The largest absolute Gasteiger partial charge is 0.419 e. The highest BCUT2D eigenvalue weighted by molar-refractivity contribution is 5.95. The topological polar surface area (TPSA) is 87.6 Å². The Balaban J connectivity index is 1.55. The number of fused-ring (bicyclic) bond motifs is 1. The minimum absolute atomic E-state index is 0.0338. The van der Waals surface area contributed by atoms with Gasteiger partial charge in [0.1, 0.15) is 11.1 Å². The Morgan fingerprint density at radius 1 is 1.18 bits per heavy atom. The molecule has 5 rings (SSSR count). The van der Waals surface area contributed by atoms with Crippen molar-refractivity contribution in [3.8, 4) is 11.3 Å². The number of aromatic nitrogens is 4. The van der Waals surface area contributed by atoms with Gasteiger partial charge in [0, 0.05) is 42.1 Å². The van der Waals surface area contributed by atoms with E-state index >= 15 is 0 Å². The first kappa shape index (κ1) is 22.1. The van der Waals surface area contributed by atoms with Crippen LogP contribution in [-0.4, -0.2) is 38.7 Å². The fourth-order valence-corrected chi connectivity index (χ4v) is 4.28. The fraction of sp³-hybridized carbons (Fsp3) is 0.292. The molecule has 4 aromatic rings. The Bertz CT molecular complexity index is 1360. The maximum absolute atomic E-state index is 13.8. The number of hydrogen-bond donors (Lipinski definition) is 3. The van der Waals surface area contributed by atoms with Crippen LogP contribution in [-0.2, 0) is 12.7 Å². The fourth-order valence-electron chi connectivity index (χ4n) is 4.28. The van der Waals surface area contributed by atoms with Crippen molar-refractivity contribution in [2.75, 3.05) is 18.4 Å². The first-order chi connectivity index (χ1) is 16.4. The number of piperidine rings is 1. The number of rotatable bonds is 5. The van der Waals surface area contributed by atoms with Crippen molar-refractivity contribution in [2.45, 2.75) is 31.6 Å². The second kappa shape index (κ2) is 8.94. The van der Waals surface area contributed by atoms with Crippen molar-refractivity contribution < 1.29 is 13.2 Å². The SMILES string of the molecule is O=c1c2[nH]cc(-c3nc(NC4CCCNC4)ncc3C(F)(F)F)c2ccn1Cc1ccccc1. The summed E-state index contributed by atoms with van der Waals surface area (Å²) in [7, 11) is 0. The maximum atomic E-state index is 13.8. The van der Waals surface area contributed by atoms with E-state index in [9.17, 15) is 18.0 Å². The summed E-state index contributed by atoms with van der Waals surface area (Å²) in [6, 6.07) is 11.1. The minimum atomic E-state index is -4.65. The second-order valence-corrected chi connectivity index (χ2v) is 8.37. The number of hydrogen-bond acceptors (Lipinski definition) is 5. The van der Waals surface area contributed by atoms with Crippen LogP contribution in [0.3, 0.4) is 0 Å². The highest BCUT2D eigenvalue weighted by Crippen LogP contribution is 2.38. The second-order valence-electron chi connectivity index (χ2n) is 8.37. The predicted octanol–water partition coefficient (Wildman–Crippen LogP) is 4.02. The van der Waals surface area contributed by atoms with Crippen LogP contribution in [0.25, 0.3) is 22.2 Å². The highest BCUT2D eigenvalue weighted by atomic mass is 19.4. The molecule has 0 radical (unpaired) electrons. The molecule has 34 heavy (non-hydrogen) atoms. The van der Waals surface area contributed by atoms with Gasteiger partial charge in [0.25, 0.3) is 5.56 Å². The average molecular weight is 468 g/mol. The van der Waals surface area contributed by atoms with Crippen LogP contribution in [0.4, 0.5) is 19.1 Å². The number of anilines is 1. The smallest absolute Gasteiger partial charge is 0.356 e. The lowest BCUT2D eigenvalue weighted by Gasteiger charge is -2.24. The molecule has 1 aliphatic rings. The summed E-state index contributed by atoms with van der Waals surface area (Å²) in [5, 5.41) is 6.75. The van der Waals surface area contributed by atoms with E-state index in [4.69, 9.17) is 0 Å². The van der Waals surface area contributed by atoms with Crippen molar-refractivity contribution in [3.63, 3.8) is 0 Å². The quantitative estimate of drug-likeness (QED) is 0.412. The molecule has 3 aromatic heterocycles. The number of benzene rings is 1. The number of nitrogens with one attached hydrogen (secondary N) is 3. The average Bonchev–Trinajstić information content (AvgIpc) is 3.26. The van der Waals surface area contributed by atoms with Gasteiger partial charge in [-0.15, -0.1) is 0 Å². The van der Waals surface area contributed by atoms with E-state index in [0.29, 0.717) is 18.5 Å². The summed E-state index contributed by atoms with van der Waals surface area (Å²) in [6.07, 6.45) is 0.991. The lowest BCUT2D eigenvalue weighted by molar-refractivity contribution is -0.137. The molecule has 0 amide bonds. The Morgan fingerprint density at radius 3 is 2.74 bits per heavy atom. The summed E-state index contributed by atoms with van der Waals surface area (Å²) in [6.45, 7) is 1.96. The molecule has 1 aromatic carbocycles. The van der Waals surface area contributed by atoms with Gasteiger partial charge in [-0.2, -0.15) is 13.2 Å². The van der Waals surface area contributed by atoms with Crippen LogP contribution >= 0.6 is 0 Å². The predicted molar refractivity (Wildman–Crippen MR) is 124 cm³/mol. The summed E-state index contributed by atoms with van der Waals surface area (Å²) in [5.41, 5.74) is -0.153. The molecule has 10 heteroatoms. The van der Waals surface area contributed by atoms with Crippen LogP contribution in [0.1, 0.15) is 24.0 Å². The van der Waals surface area contributed by atoms with Crippen LogP contribution in [0.5, 0.6) is 0 Å². The third-order valence-electron chi connectivity index (χ3n) is 5.99. The maximum Gasteiger partial charge on any atom is 0.419 e. The molecule has 3 N–H and O–H groups in total. The molecule has 1 fully saturated rings. The first-order valence-corrected chi connectivity index (χ1v) is 11.1. The van der Waals surface area contributed by atoms with Crippen molar-refractivity contribution in [1.82, 2.24) is 24.8 Å². The molecular formula is C24H23F3N6O. The number of H-pyrrole nitrogens is 1. The third-order valence-corrected chi connectivity index (χ3v) is 5.99. The first-order valence-electron chi connectivity index (χ1n) is 11.1. The molecule has 0 bridgehead atoms. The van der Waals surface area contributed by atoms with E-state index in [1.807, 2.05) is 30.3 Å². The van der Waals surface area contributed by atoms with Gasteiger partial charge in [0.2, 0.25) is 5.95 Å². The van der Waals surface area contributed by atoms with Crippen LogP contribution in [0.15, 0.2) is 59.8 Å². The van der Waals surface area contributed by atoms with E-state index < -0.39 is 11.7 Å². The lowest BCUT2D eigenvalue weighted by atomic mass is 10.1. The standard InChI is InChI=1S/C24H23F3N6O/c25-24(26,27)19-13-30-23(31-16-7-4-9-28-11-16)32-20(19)18-12-29-21-17(18)8-10-33(22(21)34)14-15-5-2-1-3-6-15/h1-3,5-6,8,10,12-13,16,28-29H,4,7,9,11,14H2,(H,30,31,32). The number of aromatic amines is 1. The zero-order chi connectivity index (χ0) is 23.7. The summed E-state index contributed by atoms with van der Waals surface area (Å²) < 4.78 is 43.0. The molecule has 7 nitrogen and oxygen atoms in total. The zero-order valence-electron chi connectivity index (χ0n) is 18.2. The Kier molecular flexibility index (Phi) is 5.82. The van der Waals surface area contributed by atoms with Crippen LogP contribution in [0, 0.1) is 0 Å². The monoisotopic (exact) mass is 468 g/mol. The van der Waals surface area contributed by atoms with E-state index in [0.717, 1.165) is 31.1 Å². The van der Waals surface area contributed by atoms with Gasteiger partial charge in [-0.1, -0.05) is 30.3 Å². The highest BCUT2D eigenvalue weighted by Gasteiger charge is 2.36. The minimum Gasteiger partial charge on any atom is -0.356 e. The van der Waals surface area contributed by atoms with Crippen LogP contribution < -0.4 is 16.2 Å². The van der Waals surface area contributed by atoms with Crippen molar-refractivity contribution in [1.29, 1.82) is 0 Å². The third kappa shape index (κ3) is 4.41. The zero-order valence-corrected chi connectivity index (χ0v) is 18.2. The van der Waals surface area contributed by atoms with Gasteiger partial charge in [-0.05, 0) is 31.0 Å². The molecule has 4 heterocycles. The van der Waals surface area contributed by atoms with Gasteiger partial charge in [0.05, 0.1) is 12.2 Å². The van der Waals surface area contributed by atoms with E-state index in [2.05, 4.69) is 25.6 Å². The van der Waals surface area contributed by atoms with Gasteiger partial charge in [0.15, 0.2) is 0 Å². The van der Waals surface area contributed by atoms with Crippen molar-refractivity contribution in [3.05, 3.63) is 76.5 Å². The molecule has 176 valence electrons. The summed E-state index contributed by atoms with van der Waals surface area (Å²) in [5.74, 6) is 0.128. The summed E-state index contributed by atoms with van der Waals surface area (Å²) >= 11 is 0. The molecule has 0 aliphatic carbocycles. The molecule has 1 atom stereocenters. The normalized spacial score (nSPS) is 16.6. The van der Waals surface area contributed by atoms with Gasteiger partial charge in [-0.3, -0.25) is 4.79 Å². The molecule has 1 unspecified atom stereocenters. The number of nitrogens with zero attached hydrogens (tertiary/aromatic N) is 3. The van der Waals surface area contributed by atoms with E-state index in [-0.39, 0.29) is 34.3 Å². The van der Waals surface area contributed by atoms with Gasteiger partial charge >= 0.3 is 6.18 Å². The number of alkyl halides is 3. The van der Waals surface area contributed by atoms with Crippen molar-refractivity contribution >= 4 is 16.9 Å². The number of pyridine rings is 1. The lowest BCUT2D eigenvalue weighted by Crippen LogP contribution is -2.38. The molecule has 1 aliphatic heterocycles. The Morgan fingerprint density at radius 2 is 2.00 bits per heavy atom. The van der Waals surface area contributed by atoms with E-state index in [1.54, 1.807) is 12.3 Å². The molecule has 0 saturated carbocycles. The Labute approximate surface area is 193 Å². The molecule has 0 spiro atoms. The van der Waals surface area contributed by atoms with Crippen LogP contribution in [0.2, 0.25) is 0 Å². The van der Waals surface area contributed by atoms with E-state index in [1.165, 1.54) is 10.8 Å². The number of halogens is 3. The summed E-state index contributed by atoms with van der Waals surface area (Å²) in [4.78, 5) is 24.1. The van der Waals surface area contributed by atoms with Gasteiger partial charge in [-0.25, -0.2) is 9.97 Å². The Hall–Kier alpha value is -3.66. The van der Waals surface area contributed by atoms with Gasteiger partial charge < -0.3 is 20.2 Å². The molecular weight excluding hydrogens is 445 g/mol.